The molecule has 6 heteroatoms. The number of hydrogen-bond acceptors (Lipinski definition) is 6. The van der Waals surface area contributed by atoms with Gasteiger partial charge in [0.05, 0.1) is 29.7 Å². The van der Waals surface area contributed by atoms with Crippen molar-refractivity contribution in [3.05, 3.63) is 91.0 Å². The highest BCUT2D eigenvalue weighted by Gasteiger charge is 2.30. The number of amidine groups is 1. The van der Waals surface area contributed by atoms with Gasteiger partial charge in [-0.15, -0.1) is 0 Å². The van der Waals surface area contributed by atoms with Gasteiger partial charge in [-0.1, -0.05) is 85.0 Å². The van der Waals surface area contributed by atoms with E-state index in [0.717, 1.165) is 28.4 Å². The fraction of sp³-hybridized carbons (Fsp3) is 0.120. The molecule has 1 aliphatic carbocycles. The van der Waals surface area contributed by atoms with E-state index in [-0.39, 0.29) is 12.1 Å². The fourth-order valence-electron chi connectivity index (χ4n) is 3.74. The summed E-state index contributed by atoms with van der Waals surface area (Å²) >= 11 is 0. The third-order valence-corrected chi connectivity index (χ3v) is 5.38. The normalized spacial score (nSPS) is 19.5. The van der Waals surface area contributed by atoms with Crippen LogP contribution in [0.25, 0.3) is 22.5 Å². The molecule has 6 nitrogen and oxygen atoms in total. The molecule has 0 saturated heterocycles. The SMILES string of the molecule is CN1C(/C=N\Nc2nc(-c3ccccc3)cc(-c3ccccc3)n2)=NC2C=CC=CC21. The largest absolute Gasteiger partial charge is 0.350 e. The Kier molecular flexibility index (Phi) is 5.10. The van der Waals surface area contributed by atoms with Crippen LogP contribution >= 0.6 is 0 Å². The molecule has 3 aromatic rings. The van der Waals surface area contributed by atoms with Crippen molar-refractivity contribution in [2.24, 2.45) is 10.1 Å². The Labute approximate surface area is 181 Å². The molecule has 2 aromatic carbocycles. The van der Waals surface area contributed by atoms with Crippen LogP contribution in [0.3, 0.4) is 0 Å². The maximum atomic E-state index is 4.73. The number of anilines is 1. The van der Waals surface area contributed by atoms with Crippen molar-refractivity contribution < 1.29 is 0 Å². The molecule has 2 atom stereocenters. The number of allylic oxidation sites excluding steroid dienone is 2. The van der Waals surface area contributed by atoms with Crippen molar-refractivity contribution in [2.75, 3.05) is 12.5 Å². The minimum absolute atomic E-state index is 0.138. The number of hydrazone groups is 1. The number of aliphatic imine (C=N–C) groups is 1. The highest BCUT2D eigenvalue weighted by molar-refractivity contribution is 6.30. The summed E-state index contributed by atoms with van der Waals surface area (Å²) in [5, 5.41) is 4.38. The Morgan fingerprint density at radius 1 is 0.871 bits per heavy atom. The van der Waals surface area contributed by atoms with Crippen molar-refractivity contribution in [1.82, 2.24) is 14.9 Å². The number of aromatic nitrogens is 2. The average molecular weight is 406 g/mol. The van der Waals surface area contributed by atoms with Crippen LogP contribution in [0.15, 0.2) is 101 Å². The van der Waals surface area contributed by atoms with Crippen LogP contribution in [0.4, 0.5) is 5.95 Å². The zero-order valence-electron chi connectivity index (χ0n) is 17.1. The molecule has 5 rings (SSSR count). The maximum absolute atomic E-state index is 4.73. The molecule has 0 spiro atoms. The lowest BCUT2D eigenvalue weighted by atomic mass is 10.0. The number of nitrogens with one attached hydrogen (secondary N) is 1. The Balaban J connectivity index is 1.43. The maximum Gasteiger partial charge on any atom is 0.244 e. The van der Waals surface area contributed by atoms with Crippen molar-refractivity contribution in [3.8, 4) is 22.5 Å². The van der Waals surface area contributed by atoms with Gasteiger partial charge in [0.25, 0.3) is 0 Å². The lowest BCUT2D eigenvalue weighted by Gasteiger charge is -2.22. The number of fused-ring (bicyclic) bond motifs is 1. The topological polar surface area (TPSA) is 65.8 Å². The van der Waals surface area contributed by atoms with Gasteiger partial charge in [-0.2, -0.15) is 5.10 Å². The summed E-state index contributed by atoms with van der Waals surface area (Å²) < 4.78 is 0. The molecule has 2 heterocycles. The third kappa shape index (κ3) is 4.00. The Morgan fingerprint density at radius 2 is 1.48 bits per heavy atom. The van der Waals surface area contributed by atoms with Crippen molar-refractivity contribution in [3.63, 3.8) is 0 Å². The van der Waals surface area contributed by atoms with Crippen LogP contribution in [0.2, 0.25) is 0 Å². The van der Waals surface area contributed by atoms with Crippen LogP contribution < -0.4 is 5.43 Å². The summed E-state index contributed by atoms with van der Waals surface area (Å²) in [4.78, 5) is 16.2. The molecular formula is C25H22N6. The molecule has 2 aliphatic rings. The minimum Gasteiger partial charge on any atom is -0.350 e. The van der Waals surface area contributed by atoms with Gasteiger partial charge in [0.2, 0.25) is 5.95 Å². The van der Waals surface area contributed by atoms with Crippen LogP contribution in [0, 0.1) is 0 Å². The van der Waals surface area contributed by atoms with E-state index in [4.69, 9.17) is 4.99 Å². The highest BCUT2D eigenvalue weighted by Crippen LogP contribution is 2.25. The first kappa shape index (κ1) is 18.9. The van der Waals surface area contributed by atoms with Crippen LogP contribution in [0.1, 0.15) is 0 Å². The van der Waals surface area contributed by atoms with Gasteiger partial charge in [-0.05, 0) is 6.07 Å². The van der Waals surface area contributed by atoms with Crippen molar-refractivity contribution in [2.45, 2.75) is 12.1 Å². The predicted molar refractivity (Wildman–Crippen MR) is 126 cm³/mol. The van der Waals surface area contributed by atoms with E-state index in [1.807, 2.05) is 79.9 Å². The van der Waals surface area contributed by atoms with E-state index in [9.17, 15) is 0 Å². The highest BCUT2D eigenvalue weighted by atomic mass is 15.4. The monoisotopic (exact) mass is 406 g/mol. The Hall–Kier alpha value is -4.06. The first-order chi connectivity index (χ1) is 15.3. The molecule has 152 valence electrons. The molecular weight excluding hydrogens is 384 g/mol. The summed E-state index contributed by atoms with van der Waals surface area (Å²) in [7, 11) is 2.03. The number of benzene rings is 2. The van der Waals surface area contributed by atoms with E-state index >= 15 is 0 Å². The molecule has 0 fully saturated rings. The van der Waals surface area contributed by atoms with E-state index in [1.165, 1.54) is 0 Å². The second-order valence-electron chi connectivity index (χ2n) is 7.41. The van der Waals surface area contributed by atoms with Gasteiger partial charge in [0.1, 0.15) is 5.84 Å². The molecule has 31 heavy (non-hydrogen) atoms. The zero-order valence-corrected chi connectivity index (χ0v) is 17.1. The first-order valence-corrected chi connectivity index (χ1v) is 10.2. The predicted octanol–water partition coefficient (Wildman–Crippen LogP) is 4.42. The van der Waals surface area contributed by atoms with Gasteiger partial charge in [-0.25, -0.2) is 15.4 Å². The van der Waals surface area contributed by atoms with Gasteiger partial charge >= 0.3 is 0 Å². The standard InChI is InChI=1S/C25H22N6/c1-31-23-15-9-8-14-20(23)27-24(31)17-26-30-25-28-21(18-10-4-2-5-11-18)16-22(29-25)19-12-6-3-7-13-19/h2-17,20,23H,1H3,(H,28,29,30)/b26-17-. The number of rotatable bonds is 5. The lowest BCUT2D eigenvalue weighted by molar-refractivity contribution is 0.440. The first-order valence-electron chi connectivity index (χ1n) is 10.2. The van der Waals surface area contributed by atoms with Crippen LogP contribution in [-0.2, 0) is 0 Å². The molecule has 1 N–H and O–H groups in total. The molecule has 0 radical (unpaired) electrons. The van der Waals surface area contributed by atoms with Gasteiger partial charge in [0.15, 0.2) is 0 Å². The van der Waals surface area contributed by atoms with E-state index in [2.05, 4.69) is 43.6 Å². The number of hydrogen-bond donors (Lipinski definition) is 1. The number of nitrogens with zero attached hydrogens (tertiary/aromatic N) is 5. The summed E-state index contributed by atoms with van der Waals surface area (Å²) in [6.45, 7) is 0. The molecule has 1 aromatic heterocycles. The molecule has 0 amide bonds. The number of likely N-dealkylation sites (N-methyl/N-ethyl adjacent to an activating group) is 1. The third-order valence-electron chi connectivity index (χ3n) is 5.38. The van der Waals surface area contributed by atoms with Gasteiger partial charge in [0, 0.05) is 18.2 Å². The van der Waals surface area contributed by atoms with Crippen LogP contribution in [0.5, 0.6) is 0 Å². The molecule has 1 aliphatic heterocycles. The second-order valence-corrected chi connectivity index (χ2v) is 7.41. The Bertz CT molecular complexity index is 1120. The van der Waals surface area contributed by atoms with E-state index < -0.39 is 0 Å². The molecule has 0 saturated carbocycles. The zero-order chi connectivity index (χ0) is 21.0. The second kappa shape index (κ2) is 8.36. The smallest absolute Gasteiger partial charge is 0.244 e. The lowest BCUT2D eigenvalue weighted by Crippen LogP contribution is -2.35. The Morgan fingerprint density at radius 3 is 2.10 bits per heavy atom. The summed E-state index contributed by atoms with van der Waals surface area (Å²) in [5.41, 5.74) is 6.72. The average Bonchev–Trinajstić information content (AvgIpc) is 3.15. The van der Waals surface area contributed by atoms with E-state index in [1.54, 1.807) is 6.21 Å². The van der Waals surface area contributed by atoms with Crippen molar-refractivity contribution in [1.29, 1.82) is 0 Å². The van der Waals surface area contributed by atoms with E-state index in [0.29, 0.717) is 5.95 Å². The van der Waals surface area contributed by atoms with Gasteiger partial charge in [-0.3, -0.25) is 4.99 Å². The van der Waals surface area contributed by atoms with Gasteiger partial charge < -0.3 is 4.90 Å². The minimum atomic E-state index is 0.138. The van der Waals surface area contributed by atoms with Crippen LogP contribution in [-0.4, -0.2) is 46.0 Å². The fourth-order valence-corrected chi connectivity index (χ4v) is 3.74. The summed E-state index contributed by atoms with van der Waals surface area (Å²) in [6.07, 6.45) is 10.1. The van der Waals surface area contributed by atoms with Crippen molar-refractivity contribution >= 4 is 18.0 Å². The quantitative estimate of drug-likeness (QED) is 0.503. The summed E-state index contributed by atoms with van der Waals surface area (Å²) in [6, 6.07) is 22.5. The molecule has 2 unspecified atom stereocenters. The summed E-state index contributed by atoms with van der Waals surface area (Å²) in [5.74, 6) is 1.26. The molecule has 0 bridgehead atoms.